The van der Waals surface area contributed by atoms with Gasteiger partial charge >= 0.3 is 0 Å². The van der Waals surface area contributed by atoms with Crippen molar-refractivity contribution in [2.75, 3.05) is 50.1 Å². The average Bonchev–Trinajstić information content (AvgIpc) is 2.82. The van der Waals surface area contributed by atoms with Gasteiger partial charge in [0, 0.05) is 51.3 Å². The smallest absolute Gasteiger partial charge is 0.274 e. The molecule has 1 fully saturated rings. The van der Waals surface area contributed by atoms with E-state index in [4.69, 9.17) is 0 Å². The number of carbonyl (C=O) groups excluding carboxylic acids is 1. The zero-order valence-electron chi connectivity index (χ0n) is 17.6. The van der Waals surface area contributed by atoms with E-state index in [2.05, 4.69) is 37.0 Å². The molecule has 0 atom stereocenters. The molecule has 0 bridgehead atoms. The molecule has 4 aromatic rings. The number of piperazine rings is 1. The van der Waals surface area contributed by atoms with E-state index in [0.29, 0.717) is 18.8 Å². The number of amides is 1. The number of nitrogens with zero attached hydrogens (tertiary/aromatic N) is 7. The van der Waals surface area contributed by atoms with Gasteiger partial charge in [-0.3, -0.25) is 9.78 Å². The molecule has 1 amide bonds. The summed E-state index contributed by atoms with van der Waals surface area (Å²) in [6.07, 6.45) is 3.17. The lowest BCUT2D eigenvalue weighted by molar-refractivity contribution is 0.0741. The van der Waals surface area contributed by atoms with Gasteiger partial charge in [-0.25, -0.2) is 15.0 Å². The second-order valence-corrected chi connectivity index (χ2v) is 7.82. The Bertz CT molecular complexity index is 1270. The summed E-state index contributed by atoms with van der Waals surface area (Å²) in [5.41, 5.74) is 3.96. The second kappa shape index (κ2) is 7.79. The molecule has 3 heterocycles. The van der Waals surface area contributed by atoms with Gasteiger partial charge in [0.15, 0.2) is 0 Å². The first-order chi connectivity index (χ1) is 15.1. The maximum Gasteiger partial charge on any atom is 0.274 e. The van der Waals surface area contributed by atoms with Crippen LogP contribution < -0.4 is 9.80 Å². The predicted octanol–water partition coefficient (Wildman–Crippen LogP) is 2.60. The first-order valence-electron chi connectivity index (χ1n) is 10.3. The van der Waals surface area contributed by atoms with Crippen molar-refractivity contribution in [2.24, 2.45) is 0 Å². The number of para-hydroxylation sites is 2. The van der Waals surface area contributed by atoms with Crippen LogP contribution in [0.5, 0.6) is 0 Å². The molecule has 8 heteroatoms. The Kier molecular flexibility index (Phi) is 4.82. The Morgan fingerprint density at radius 2 is 1.68 bits per heavy atom. The summed E-state index contributed by atoms with van der Waals surface area (Å²) in [5.74, 6) is 0.829. The quantitative estimate of drug-likeness (QED) is 0.511. The lowest BCUT2D eigenvalue weighted by Crippen LogP contribution is -2.49. The van der Waals surface area contributed by atoms with E-state index in [9.17, 15) is 4.79 Å². The molecule has 1 saturated heterocycles. The number of carbonyl (C=O) groups is 1. The third kappa shape index (κ3) is 3.61. The highest BCUT2D eigenvalue weighted by Gasteiger charge is 2.24. The van der Waals surface area contributed by atoms with Gasteiger partial charge in [-0.05, 0) is 30.3 Å². The van der Waals surface area contributed by atoms with Crippen LogP contribution in [0, 0.1) is 0 Å². The van der Waals surface area contributed by atoms with Crippen molar-refractivity contribution in [3.05, 3.63) is 60.7 Å². The van der Waals surface area contributed by atoms with Crippen LogP contribution in [0.2, 0.25) is 0 Å². The lowest BCUT2D eigenvalue weighted by atomic mass is 10.1. The maximum atomic E-state index is 13.0. The minimum absolute atomic E-state index is 0.0697. The standard InChI is InChI=1S/C23H23N7O/c1-28(2)22-17-13-16(7-8-18(17)25-15-26-22)29-9-11-30(12-10-29)23(31)21-14-24-19-5-3-4-6-20(19)27-21/h3-8,13-15H,9-12H2,1-2H3. The third-order valence-corrected chi connectivity index (χ3v) is 5.62. The van der Waals surface area contributed by atoms with Crippen LogP contribution in [0.4, 0.5) is 11.5 Å². The molecule has 156 valence electrons. The number of benzene rings is 2. The molecular weight excluding hydrogens is 390 g/mol. The molecule has 1 aliphatic rings. The molecule has 0 radical (unpaired) electrons. The zero-order chi connectivity index (χ0) is 21.4. The van der Waals surface area contributed by atoms with Gasteiger partial charge in [-0.2, -0.15) is 0 Å². The van der Waals surface area contributed by atoms with Crippen LogP contribution >= 0.6 is 0 Å². The van der Waals surface area contributed by atoms with Gasteiger partial charge in [0.1, 0.15) is 17.8 Å². The molecule has 0 unspecified atom stereocenters. The van der Waals surface area contributed by atoms with E-state index in [0.717, 1.165) is 46.5 Å². The Labute approximate surface area is 180 Å². The fourth-order valence-corrected chi connectivity index (χ4v) is 3.97. The summed E-state index contributed by atoms with van der Waals surface area (Å²) < 4.78 is 0. The van der Waals surface area contributed by atoms with Crippen molar-refractivity contribution in [2.45, 2.75) is 0 Å². The van der Waals surface area contributed by atoms with E-state index in [1.165, 1.54) is 0 Å². The summed E-state index contributed by atoms with van der Waals surface area (Å²) in [4.78, 5) is 36.8. The van der Waals surface area contributed by atoms with Gasteiger partial charge < -0.3 is 14.7 Å². The number of anilines is 2. The van der Waals surface area contributed by atoms with E-state index >= 15 is 0 Å². The third-order valence-electron chi connectivity index (χ3n) is 5.62. The SMILES string of the molecule is CN(C)c1ncnc2ccc(N3CCN(C(=O)c4cnc5ccccc5n4)CC3)cc12. The van der Waals surface area contributed by atoms with Crippen LogP contribution in [0.15, 0.2) is 55.0 Å². The number of rotatable bonds is 3. The van der Waals surface area contributed by atoms with Crippen LogP contribution in [0.25, 0.3) is 21.9 Å². The molecule has 8 nitrogen and oxygen atoms in total. The first-order valence-corrected chi connectivity index (χ1v) is 10.3. The molecule has 0 aliphatic carbocycles. The predicted molar refractivity (Wildman–Crippen MR) is 122 cm³/mol. The van der Waals surface area contributed by atoms with Crippen molar-refractivity contribution in [3.63, 3.8) is 0 Å². The lowest BCUT2D eigenvalue weighted by Gasteiger charge is -2.36. The molecule has 2 aromatic heterocycles. The van der Waals surface area contributed by atoms with Crippen LogP contribution in [0.3, 0.4) is 0 Å². The molecule has 5 rings (SSSR count). The van der Waals surface area contributed by atoms with Gasteiger partial charge in [0.25, 0.3) is 5.91 Å². The number of hydrogen-bond acceptors (Lipinski definition) is 7. The Balaban J connectivity index is 1.33. The Morgan fingerprint density at radius 1 is 0.903 bits per heavy atom. The molecule has 2 aromatic carbocycles. The molecule has 0 saturated carbocycles. The number of fused-ring (bicyclic) bond motifs is 2. The summed E-state index contributed by atoms with van der Waals surface area (Å²) in [5, 5.41) is 1.02. The largest absolute Gasteiger partial charge is 0.368 e. The summed E-state index contributed by atoms with van der Waals surface area (Å²) >= 11 is 0. The zero-order valence-corrected chi connectivity index (χ0v) is 17.6. The van der Waals surface area contributed by atoms with Crippen LogP contribution in [-0.4, -0.2) is 71.0 Å². The highest BCUT2D eigenvalue weighted by molar-refractivity contribution is 5.94. The first kappa shape index (κ1) is 19.2. The molecule has 0 spiro atoms. The van der Waals surface area contributed by atoms with Crippen LogP contribution in [0.1, 0.15) is 10.5 Å². The summed E-state index contributed by atoms with van der Waals surface area (Å²) in [6, 6.07) is 13.8. The summed E-state index contributed by atoms with van der Waals surface area (Å²) in [6.45, 7) is 2.78. The monoisotopic (exact) mass is 413 g/mol. The van der Waals surface area contributed by atoms with Gasteiger partial charge in [0.2, 0.25) is 0 Å². The second-order valence-electron chi connectivity index (χ2n) is 7.82. The normalized spacial score (nSPS) is 14.3. The fourth-order valence-electron chi connectivity index (χ4n) is 3.97. The molecular formula is C23H23N7O. The van der Waals surface area contributed by atoms with Crippen molar-refractivity contribution < 1.29 is 4.79 Å². The molecule has 31 heavy (non-hydrogen) atoms. The average molecular weight is 413 g/mol. The fraction of sp³-hybridized carbons (Fsp3) is 0.261. The topological polar surface area (TPSA) is 78.4 Å². The van der Waals surface area contributed by atoms with Crippen molar-refractivity contribution in [3.8, 4) is 0 Å². The van der Waals surface area contributed by atoms with Crippen molar-refractivity contribution in [1.82, 2.24) is 24.8 Å². The van der Waals surface area contributed by atoms with Crippen LogP contribution in [-0.2, 0) is 0 Å². The summed E-state index contributed by atoms with van der Waals surface area (Å²) in [7, 11) is 3.96. The number of hydrogen-bond donors (Lipinski definition) is 0. The van der Waals surface area contributed by atoms with E-state index in [1.807, 2.05) is 54.2 Å². The minimum Gasteiger partial charge on any atom is -0.368 e. The molecule has 1 aliphatic heterocycles. The Morgan fingerprint density at radius 3 is 2.45 bits per heavy atom. The van der Waals surface area contributed by atoms with E-state index < -0.39 is 0 Å². The van der Waals surface area contributed by atoms with E-state index in [1.54, 1.807) is 12.5 Å². The van der Waals surface area contributed by atoms with Crippen molar-refractivity contribution in [1.29, 1.82) is 0 Å². The van der Waals surface area contributed by atoms with Crippen molar-refractivity contribution >= 4 is 39.3 Å². The van der Waals surface area contributed by atoms with Gasteiger partial charge in [0.05, 0.1) is 22.7 Å². The van der Waals surface area contributed by atoms with Gasteiger partial charge in [-0.15, -0.1) is 0 Å². The highest BCUT2D eigenvalue weighted by atomic mass is 16.2. The molecule has 0 N–H and O–H groups in total. The van der Waals surface area contributed by atoms with Gasteiger partial charge in [-0.1, -0.05) is 12.1 Å². The minimum atomic E-state index is -0.0697. The Hall–Kier alpha value is -3.81. The number of aromatic nitrogens is 4. The maximum absolute atomic E-state index is 13.0. The highest BCUT2D eigenvalue weighted by Crippen LogP contribution is 2.27. The van der Waals surface area contributed by atoms with E-state index in [-0.39, 0.29) is 5.91 Å².